The van der Waals surface area contributed by atoms with Crippen molar-refractivity contribution in [3.63, 3.8) is 0 Å². The highest BCUT2D eigenvalue weighted by atomic mass is 35.5. The molecule has 1 rings (SSSR count). The van der Waals surface area contributed by atoms with Crippen molar-refractivity contribution >= 4 is 29.2 Å². The van der Waals surface area contributed by atoms with Crippen LogP contribution in [0.5, 0.6) is 0 Å². The molecule has 0 aromatic heterocycles. The Balaban J connectivity index is 3.03. The van der Waals surface area contributed by atoms with Gasteiger partial charge in [-0.15, -0.1) is 11.6 Å². The topological polar surface area (TPSA) is 26.3 Å². The Hall–Kier alpha value is -0.210. The molecule has 11 heavy (non-hydrogen) atoms. The van der Waals surface area contributed by atoms with E-state index in [1.165, 1.54) is 0 Å². The lowest BCUT2D eigenvalue weighted by molar-refractivity contribution is -0.143. The first-order valence-corrected chi connectivity index (χ1v) is 4.08. The van der Waals surface area contributed by atoms with Gasteiger partial charge in [-0.25, -0.2) is 4.79 Å². The summed E-state index contributed by atoms with van der Waals surface area (Å²) in [5, 5.41) is 0.160. The number of hydrogen-bond donors (Lipinski definition) is 0. The van der Waals surface area contributed by atoms with E-state index in [0.717, 1.165) is 0 Å². The normalized spacial score (nSPS) is 31.1. The van der Waals surface area contributed by atoms with Gasteiger partial charge in [0.25, 0.3) is 0 Å². The molecule has 0 bridgehead atoms. The van der Waals surface area contributed by atoms with Crippen molar-refractivity contribution in [3.8, 4) is 0 Å². The minimum Gasteiger partial charge on any atom is -0.449 e. The highest BCUT2D eigenvalue weighted by Crippen LogP contribution is 2.34. The maximum absolute atomic E-state index is 10.9. The summed E-state index contributed by atoms with van der Waals surface area (Å²) in [6.07, 6.45) is 0. The van der Waals surface area contributed by atoms with Gasteiger partial charge in [0.2, 0.25) is 0 Å². The molecule has 0 saturated heterocycles. The fraction of sp³-hybridized carbons (Fsp3) is 0.571. The van der Waals surface area contributed by atoms with Crippen molar-refractivity contribution in [1.82, 2.24) is 0 Å². The van der Waals surface area contributed by atoms with E-state index < -0.39 is 11.6 Å². The number of carbonyl (C=O) groups excluding carboxylic acids is 1. The van der Waals surface area contributed by atoms with Gasteiger partial charge in [0.05, 0.1) is 5.88 Å². The van der Waals surface area contributed by atoms with Gasteiger partial charge in [-0.3, -0.25) is 0 Å². The van der Waals surface area contributed by atoms with Crippen LogP contribution < -0.4 is 0 Å². The van der Waals surface area contributed by atoms with Crippen LogP contribution in [-0.2, 0) is 9.53 Å². The van der Waals surface area contributed by atoms with Gasteiger partial charge in [0.1, 0.15) is 10.6 Å². The van der Waals surface area contributed by atoms with Crippen LogP contribution in [0.15, 0.2) is 10.6 Å². The molecule has 0 radical (unpaired) electrons. The summed E-state index contributed by atoms with van der Waals surface area (Å²) >= 11 is 11.2. The number of rotatable bonds is 1. The molecular weight excluding hydrogens is 187 g/mol. The lowest BCUT2D eigenvalue weighted by Crippen LogP contribution is -2.29. The van der Waals surface area contributed by atoms with Crippen LogP contribution in [0.1, 0.15) is 13.8 Å². The van der Waals surface area contributed by atoms with E-state index in [4.69, 9.17) is 27.9 Å². The number of carbonyl (C=O) groups is 1. The van der Waals surface area contributed by atoms with Crippen LogP contribution in [0.25, 0.3) is 0 Å². The fourth-order valence-electron chi connectivity index (χ4n) is 0.839. The summed E-state index contributed by atoms with van der Waals surface area (Å²) in [7, 11) is 0. The third-order valence-corrected chi connectivity index (χ3v) is 2.82. The van der Waals surface area contributed by atoms with Crippen molar-refractivity contribution in [2.75, 3.05) is 5.88 Å². The lowest BCUT2D eigenvalue weighted by Gasteiger charge is -2.20. The molecule has 1 heterocycles. The van der Waals surface area contributed by atoms with Crippen LogP contribution >= 0.6 is 23.2 Å². The van der Waals surface area contributed by atoms with Crippen LogP contribution in [0.3, 0.4) is 0 Å². The van der Waals surface area contributed by atoms with Crippen molar-refractivity contribution in [1.29, 1.82) is 0 Å². The van der Waals surface area contributed by atoms with Crippen LogP contribution in [0, 0.1) is 0 Å². The Kier molecular flexibility index (Phi) is 2.17. The minimum atomic E-state index is -0.699. The van der Waals surface area contributed by atoms with E-state index in [0.29, 0.717) is 5.57 Å². The fourth-order valence-corrected chi connectivity index (χ4v) is 1.33. The number of esters is 1. The smallest absolute Gasteiger partial charge is 0.350 e. The molecule has 1 aliphatic heterocycles. The number of hydrogen-bond acceptors (Lipinski definition) is 2. The molecule has 0 aliphatic carbocycles. The summed E-state index contributed by atoms with van der Waals surface area (Å²) in [6, 6.07) is 0. The molecular formula is C7H8Cl2O2. The maximum Gasteiger partial charge on any atom is 0.350 e. The Morgan fingerprint density at radius 2 is 2.18 bits per heavy atom. The Morgan fingerprint density at radius 3 is 2.36 bits per heavy atom. The van der Waals surface area contributed by atoms with Gasteiger partial charge in [-0.05, 0) is 19.4 Å². The SMILES string of the molecule is CC1=C(Cl)C(=O)OC1(C)CCl. The lowest BCUT2D eigenvalue weighted by atomic mass is 10.0. The predicted molar refractivity (Wildman–Crippen MR) is 43.8 cm³/mol. The van der Waals surface area contributed by atoms with Gasteiger partial charge in [0.15, 0.2) is 0 Å². The zero-order valence-corrected chi connectivity index (χ0v) is 7.79. The van der Waals surface area contributed by atoms with Gasteiger partial charge in [-0.2, -0.15) is 0 Å². The molecule has 0 aromatic rings. The van der Waals surface area contributed by atoms with E-state index in [2.05, 4.69) is 0 Å². The number of ether oxygens (including phenoxy) is 1. The van der Waals surface area contributed by atoms with Gasteiger partial charge in [-0.1, -0.05) is 11.6 Å². The third-order valence-electron chi connectivity index (χ3n) is 1.87. The van der Waals surface area contributed by atoms with Crippen LogP contribution in [0.2, 0.25) is 0 Å². The number of halogens is 2. The zero-order valence-electron chi connectivity index (χ0n) is 6.28. The van der Waals surface area contributed by atoms with E-state index in [1.54, 1.807) is 13.8 Å². The monoisotopic (exact) mass is 194 g/mol. The summed E-state index contributed by atoms with van der Waals surface area (Å²) in [5.74, 6) is -0.242. The number of cyclic esters (lactones) is 1. The second kappa shape index (κ2) is 2.68. The van der Waals surface area contributed by atoms with E-state index >= 15 is 0 Å². The molecule has 1 aliphatic rings. The first-order chi connectivity index (χ1) is 5.01. The second-order valence-corrected chi connectivity index (χ2v) is 3.34. The average molecular weight is 195 g/mol. The highest BCUT2D eigenvalue weighted by Gasteiger charge is 2.40. The van der Waals surface area contributed by atoms with Crippen LogP contribution in [-0.4, -0.2) is 17.5 Å². The first kappa shape index (κ1) is 8.88. The Bertz CT molecular complexity index is 235. The van der Waals surface area contributed by atoms with Crippen LogP contribution in [0.4, 0.5) is 0 Å². The molecule has 1 atom stereocenters. The van der Waals surface area contributed by atoms with Crippen molar-refractivity contribution < 1.29 is 9.53 Å². The molecule has 0 spiro atoms. The summed E-state index contributed by atoms with van der Waals surface area (Å²) < 4.78 is 4.95. The van der Waals surface area contributed by atoms with Gasteiger partial charge >= 0.3 is 5.97 Å². The predicted octanol–water partition coefficient (Wildman–Crippen LogP) is 2.05. The molecule has 1 unspecified atom stereocenters. The highest BCUT2D eigenvalue weighted by molar-refractivity contribution is 6.42. The standard InChI is InChI=1S/C7H8Cl2O2/c1-4-5(9)6(10)11-7(4,2)3-8/h3H2,1-2H3. The average Bonchev–Trinajstić information content (AvgIpc) is 2.17. The summed E-state index contributed by atoms with van der Waals surface area (Å²) in [5.41, 5.74) is 0.00887. The summed E-state index contributed by atoms with van der Waals surface area (Å²) in [6.45, 7) is 3.48. The first-order valence-electron chi connectivity index (χ1n) is 3.17. The zero-order chi connectivity index (χ0) is 8.65. The molecule has 2 nitrogen and oxygen atoms in total. The molecule has 4 heteroatoms. The Morgan fingerprint density at radius 1 is 1.64 bits per heavy atom. The van der Waals surface area contributed by atoms with Crippen molar-refractivity contribution in [3.05, 3.63) is 10.6 Å². The molecule has 0 N–H and O–H groups in total. The third kappa shape index (κ3) is 1.25. The largest absolute Gasteiger partial charge is 0.449 e. The maximum atomic E-state index is 10.9. The Labute approximate surface area is 75.1 Å². The van der Waals surface area contributed by atoms with Crippen molar-refractivity contribution in [2.45, 2.75) is 19.4 Å². The number of alkyl halides is 1. The molecule has 0 fully saturated rings. The summed E-state index contributed by atoms with van der Waals surface area (Å²) in [4.78, 5) is 10.9. The molecule has 0 saturated carbocycles. The van der Waals surface area contributed by atoms with E-state index in [-0.39, 0.29) is 10.9 Å². The van der Waals surface area contributed by atoms with Gasteiger partial charge < -0.3 is 4.74 Å². The molecule has 0 aromatic carbocycles. The molecule has 0 amide bonds. The van der Waals surface area contributed by atoms with Crippen molar-refractivity contribution in [2.24, 2.45) is 0 Å². The van der Waals surface area contributed by atoms with E-state index in [1.807, 2.05) is 0 Å². The quantitative estimate of drug-likeness (QED) is 0.472. The second-order valence-electron chi connectivity index (χ2n) is 2.69. The van der Waals surface area contributed by atoms with E-state index in [9.17, 15) is 4.79 Å². The minimum absolute atomic E-state index is 0.160. The van der Waals surface area contributed by atoms with Gasteiger partial charge in [0, 0.05) is 0 Å². The molecule has 62 valence electrons.